The van der Waals surface area contributed by atoms with Crippen LogP contribution in [0.15, 0.2) is 23.6 Å². The summed E-state index contributed by atoms with van der Waals surface area (Å²) in [5, 5.41) is 6.54. The first-order valence-corrected chi connectivity index (χ1v) is 7.99. The predicted molar refractivity (Wildman–Crippen MR) is 83.3 cm³/mol. The fourth-order valence-electron chi connectivity index (χ4n) is 2.05. The van der Waals surface area contributed by atoms with E-state index in [0.717, 1.165) is 5.69 Å². The zero-order valence-corrected chi connectivity index (χ0v) is 13.1. The Hall–Kier alpha value is -1.59. The highest BCUT2D eigenvalue weighted by molar-refractivity contribution is 7.09. The van der Waals surface area contributed by atoms with Crippen LogP contribution in [-0.2, 0) is 6.54 Å². The van der Waals surface area contributed by atoms with Gasteiger partial charge in [0.2, 0.25) is 0 Å². The van der Waals surface area contributed by atoms with Gasteiger partial charge in [0.05, 0.1) is 29.9 Å². The lowest BCUT2D eigenvalue weighted by Gasteiger charge is -2.09. The number of methoxy groups -OCH3 is 1. The molecule has 1 amide bonds. The van der Waals surface area contributed by atoms with Gasteiger partial charge in [-0.15, -0.1) is 11.3 Å². The van der Waals surface area contributed by atoms with Crippen LogP contribution in [0.5, 0.6) is 5.75 Å². The van der Waals surface area contributed by atoms with Crippen LogP contribution in [0.4, 0.5) is 0 Å². The van der Waals surface area contributed by atoms with Crippen LogP contribution >= 0.6 is 22.9 Å². The molecular weight excluding hydrogens is 308 g/mol. The normalized spacial score (nSPS) is 14.0. The van der Waals surface area contributed by atoms with Gasteiger partial charge in [-0.25, -0.2) is 4.98 Å². The van der Waals surface area contributed by atoms with Gasteiger partial charge in [0, 0.05) is 16.3 Å². The van der Waals surface area contributed by atoms with Crippen LogP contribution in [-0.4, -0.2) is 18.0 Å². The first-order valence-electron chi connectivity index (χ1n) is 6.73. The van der Waals surface area contributed by atoms with Gasteiger partial charge in [-0.2, -0.15) is 0 Å². The van der Waals surface area contributed by atoms with E-state index in [4.69, 9.17) is 16.3 Å². The molecule has 21 heavy (non-hydrogen) atoms. The summed E-state index contributed by atoms with van der Waals surface area (Å²) < 4.78 is 5.18. The summed E-state index contributed by atoms with van der Waals surface area (Å²) in [4.78, 5) is 16.8. The predicted octanol–water partition coefficient (Wildman–Crippen LogP) is 3.61. The first kappa shape index (κ1) is 14.4. The summed E-state index contributed by atoms with van der Waals surface area (Å²) in [6, 6.07) is 4.98. The molecule has 1 heterocycles. The number of ether oxygens (including phenoxy) is 1. The van der Waals surface area contributed by atoms with Crippen molar-refractivity contribution in [2.45, 2.75) is 25.3 Å². The largest absolute Gasteiger partial charge is 0.496 e. The molecule has 0 aliphatic heterocycles. The Morgan fingerprint density at radius 2 is 2.33 bits per heavy atom. The van der Waals surface area contributed by atoms with Gasteiger partial charge >= 0.3 is 0 Å². The van der Waals surface area contributed by atoms with Gasteiger partial charge in [-0.1, -0.05) is 11.6 Å². The van der Waals surface area contributed by atoms with Crippen LogP contribution in [0.1, 0.15) is 39.8 Å². The number of carbonyl (C=O) groups excluding carboxylic acids is 1. The molecule has 1 aromatic carbocycles. The zero-order valence-electron chi connectivity index (χ0n) is 11.6. The summed E-state index contributed by atoms with van der Waals surface area (Å²) in [6.45, 7) is 0.414. The van der Waals surface area contributed by atoms with Crippen LogP contribution in [0, 0.1) is 0 Å². The lowest BCUT2D eigenvalue weighted by molar-refractivity contribution is 0.0947. The minimum Gasteiger partial charge on any atom is -0.496 e. The minimum atomic E-state index is -0.213. The third kappa shape index (κ3) is 3.36. The van der Waals surface area contributed by atoms with Gasteiger partial charge in [0.25, 0.3) is 5.91 Å². The maximum absolute atomic E-state index is 12.2. The van der Waals surface area contributed by atoms with Crippen molar-refractivity contribution >= 4 is 28.8 Å². The molecule has 6 heteroatoms. The van der Waals surface area contributed by atoms with Gasteiger partial charge in [0.1, 0.15) is 5.75 Å². The number of halogens is 1. The monoisotopic (exact) mass is 322 g/mol. The zero-order chi connectivity index (χ0) is 14.8. The Kier molecular flexibility index (Phi) is 4.12. The quantitative estimate of drug-likeness (QED) is 0.914. The van der Waals surface area contributed by atoms with E-state index in [1.165, 1.54) is 25.0 Å². The third-order valence-corrected chi connectivity index (χ3v) is 4.62. The van der Waals surface area contributed by atoms with Crippen LogP contribution in [0.3, 0.4) is 0 Å². The number of thiazole rings is 1. The first-order chi connectivity index (χ1) is 10.2. The molecule has 110 valence electrons. The van der Waals surface area contributed by atoms with E-state index in [9.17, 15) is 4.79 Å². The molecule has 0 unspecified atom stereocenters. The highest BCUT2D eigenvalue weighted by Crippen LogP contribution is 2.41. The molecule has 0 bridgehead atoms. The van der Waals surface area contributed by atoms with Gasteiger partial charge in [0.15, 0.2) is 0 Å². The number of nitrogens with one attached hydrogen (secondary N) is 1. The van der Waals surface area contributed by atoms with Crippen molar-refractivity contribution in [1.29, 1.82) is 0 Å². The number of carbonyl (C=O) groups is 1. The summed E-state index contributed by atoms with van der Waals surface area (Å²) in [7, 11) is 1.53. The maximum atomic E-state index is 12.2. The molecule has 2 aromatic rings. The molecule has 0 atom stereocenters. The molecule has 1 aliphatic carbocycles. The molecule has 0 spiro atoms. The second-order valence-corrected chi connectivity index (χ2v) is 6.30. The molecule has 1 N–H and O–H groups in total. The van der Waals surface area contributed by atoms with E-state index in [-0.39, 0.29) is 5.91 Å². The van der Waals surface area contributed by atoms with Gasteiger partial charge < -0.3 is 10.1 Å². The molecule has 1 fully saturated rings. The third-order valence-electron chi connectivity index (χ3n) is 3.33. The number of rotatable bonds is 5. The Bertz CT molecular complexity index is 667. The second kappa shape index (κ2) is 6.03. The van der Waals surface area contributed by atoms with Gasteiger partial charge in [-0.05, 0) is 31.0 Å². The molecule has 4 nitrogen and oxygen atoms in total. The fraction of sp³-hybridized carbons (Fsp3) is 0.333. The van der Waals surface area contributed by atoms with Crippen molar-refractivity contribution in [2.24, 2.45) is 0 Å². The SMILES string of the molecule is COc1ccc(Cl)cc1C(=O)NCc1csc(C2CC2)n1. The molecule has 3 rings (SSSR count). The minimum absolute atomic E-state index is 0.213. The molecule has 1 aromatic heterocycles. The topological polar surface area (TPSA) is 51.2 Å². The van der Waals surface area contributed by atoms with E-state index in [2.05, 4.69) is 10.3 Å². The smallest absolute Gasteiger partial charge is 0.255 e. The van der Waals surface area contributed by atoms with E-state index in [1.807, 2.05) is 5.38 Å². The maximum Gasteiger partial charge on any atom is 0.255 e. The van der Waals surface area contributed by atoms with Crippen molar-refractivity contribution in [3.63, 3.8) is 0 Å². The Labute approximate surface area is 132 Å². The number of hydrogen-bond donors (Lipinski definition) is 1. The highest BCUT2D eigenvalue weighted by atomic mass is 35.5. The average Bonchev–Trinajstić information content (AvgIpc) is 3.24. The van der Waals surface area contributed by atoms with Crippen molar-refractivity contribution in [2.75, 3.05) is 7.11 Å². The number of aromatic nitrogens is 1. The number of nitrogens with zero attached hydrogens (tertiary/aromatic N) is 1. The Morgan fingerprint density at radius 1 is 1.52 bits per heavy atom. The number of benzene rings is 1. The average molecular weight is 323 g/mol. The summed E-state index contributed by atoms with van der Waals surface area (Å²) in [6.07, 6.45) is 2.47. The lowest BCUT2D eigenvalue weighted by atomic mass is 10.2. The van der Waals surface area contributed by atoms with E-state index < -0.39 is 0 Å². The highest BCUT2D eigenvalue weighted by Gasteiger charge is 2.26. The van der Waals surface area contributed by atoms with Crippen molar-refractivity contribution < 1.29 is 9.53 Å². The Morgan fingerprint density at radius 3 is 3.05 bits per heavy atom. The van der Waals surface area contributed by atoms with Crippen LogP contribution < -0.4 is 10.1 Å². The standard InChI is InChI=1S/C15H15ClN2O2S/c1-20-13-5-4-10(16)6-12(13)14(19)17-7-11-8-21-15(18-11)9-2-3-9/h4-6,8-9H,2-3,7H2,1H3,(H,17,19). The summed E-state index contributed by atoms with van der Waals surface area (Å²) >= 11 is 7.60. The molecule has 1 aliphatic rings. The second-order valence-electron chi connectivity index (χ2n) is 4.98. The fourth-order valence-corrected chi connectivity index (χ4v) is 3.21. The molecule has 0 saturated heterocycles. The van der Waals surface area contributed by atoms with E-state index in [0.29, 0.717) is 28.8 Å². The summed E-state index contributed by atoms with van der Waals surface area (Å²) in [5.74, 6) is 0.941. The number of hydrogen-bond acceptors (Lipinski definition) is 4. The van der Waals surface area contributed by atoms with E-state index in [1.54, 1.807) is 29.5 Å². The van der Waals surface area contributed by atoms with Crippen molar-refractivity contribution in [1.82, 2.24) is 10.3 Å². The van der Waals surface area contributed by atoms with Gasteiger partial charge in [-0.3, -0.25) is 4.79 Å². The van der Waals surface area contributed by atoms with Crippen LogP contribution in [0.2, 0.25) is 5.02 Å². The van der Waals surface area contributed by atoms with E-state index >= 15 is 0 Å². The van der Waals surface area contributed by atoms with Crippen molar-refractivity contribution in [3.8, 4) is 5.75 Å². The molecule has 0 radical (unpaired) electrons. The molecular formula is C15H15ClN2O2S. The number of amides is 1. The Balaban J connectivity index is 1.66. The summed E-state index contributed by atoms with van der Waals surface area (Å²) in [5.41, 5.74) is 1.33. The van der Waals surface area contributed by atoms with Crippen molar-refractivity contribution in [3.05, 3.63) is 44.9 Å². The lowest BCUT2D eigenvalue weighted by Crippen LogP contribution is -2.23. The van der Waals surface area contributed by atoms with Crippen LogP contribution in [0.25, 0.3) is 0 Å². The molecule has 1 saturated carbocycles.